The third-order valence-corrected chi connectivity index (χ3v) is 5.00. The summed E-state index contributed by atoms with van der Waals surface area (Å²) in [7, 11) is 0. The van der Waals surface area contributed by atoms with Crippen molar-refractivity contribution in [2.75, 3.05) is 6.54 Å². The number of nitrogens with one attached hydrogen (secondary N) is 1. The zero-order valence-corrected chi connectivity index (χ0v) is 15.0. The Bertz CT molecular complexity index is 487. The minimum Gasteiger partial charge on any atom is -0.350 e. The van der Waals surface area contributed by atoms with Crippen LogP contribution in [0.2, 0.25) is 0 Å². The first-order chi connectivity index (χ1) is 9.96. The monoisotopic (exact) mass is 354 g/mol. The average Bonchev–Trinajstić information content (AvgIpc) is 3.02. The third-order valence-electron chi connectivity index (χ3n) is 4.57. The summed E-state index contributed by atoms with van der Waals surface area (Å²) in [5, 5.41) is 3.19. The highest BCUT2D eigenvalue weighted by molar-refractivity contribution is 9.10. The molecule has 2 rings (SSSR count). The molecule has 4 heteroatoms. The molecule has 0 aliphatic heterocycles. The van der Waals surface area contributed by atoms with Crippen molar-refractivity contribution < 1.29 is 4.79 Å². The fourth-order valence-electron chi connectivity index (χ4n) is 3.73. The first kappa shape index (κ1) is 16.6. The Morgan fingerprint density at radius 1 is 1.43 bits per heavy atom. The zero-order valence-electron chi connectivity index (χ0n) is 13.4. The van der Waals surface area contributed by atoms with E-state index < -0.39 is 0 Å². The van der Waals surface area contributed by atoms with E-state index in [9.17, 15) is 4.79 Å². The molecule has 1 aliphatic carbocycles. The normalized spacial score (nSPS) is 17.4. The van der Waals surface area contributed by atoms with Crippen LogP contribution in [-0.2, 0) is 6.54 Å². The molecule has 0 saturated heterocycles. The van der Waals surface area contributed by atoms with Crippen LogP contribution in [-0.4, -0.2) is 17.0 Å². The van der Waals surface area contributed by atoms with E-state index >= 15 is 0 Å². The SMILES string of the molecule is CCn1cc(Br)cc1C(=O)NCC1(CC(C)C)CCCC1. The summed E-state index contributed by atoms with van der Waals surface area (Å²) < 4.78 is 2.95. The van der Waals surface area contributed by atoms with Crippen molar-refractivity contribution in [3.63, 3.8) is 0 Å². The Kier molecular flexibility index (Phi) is 5.53. The van der Waals surface area contributed by atoms with Gasteiger partial charge in [0.05, 0.1) is 0 Å². The fourth-order valence-corrected chi connectivity index (χ4v) is 4.19. The summed E-state index contributed by atoms with van der Waals surface area (Å²) in [5.41, 5.74) is 1.08. The lowest BCUT2D eigenvalue weighted by Crippen LogP contribution is -2.37. The number of hydrogen-bond donors (Lipinski definition) is 1. The summed E-state index contributed by atoms with van der Waals surface area (Å²) in [5.74, 6) is 0.742. The minimum atomic E-state index is 0.0533. The second-order valence-corrected chi connectivity index (χ2v) is 7.73. The molecule has 0 atom stereocenters. The third kappa shape index (κ3) is 4.12. The van der Waals surface area contributed by atoms with Crippen molar-refractivity contribution in [3.05, 3.63) is 22.4 Å². The maximum atomic E-state index is 12.5. The van der Waals surface area contributed by atoms with Gasteiger partial charge in [-0.3, -0.25) is 4.79 Å². The molecule has 0 unspecified atom stereocenters. The molecule has 1 amide bonds. The van der Waals surface area contributed by atoms with Gasteiger partial charge in [-0.05, 0) is 59.5 Å². The van der Waals surface area contributed by atoms with E-state index in [1.807, 2.05) is 16.8 Å². The van der Waals surface area contributed by atoms with Gasteiger partial charge in [-0.2, -0.15) is 0 Å². The van der Waals surface area contributed by atoms with Gasteiger partial charge in [-0.15, -0.1) is 0 Å². The maximum Gasteiger partial charge on any atom is 0.267 e. The summed E-state index contributed by atoms with van der Waals surface area (Å²) in [6, 6.07) is 1.91. The molecule has 0 bridgehead atoms. The van der Waals surface area contributed by atoms with Crippen molar-refractivity contribution in [1.29, 1.82) is 0 Å². The molecule has 1 aromatic heterocycles. The van der Waals surface area contributed by atoms with Crippen LogP contribution in [0.4, 0.5) is 0 Å². The first-order valence-electron chi connectivity index (χ1n) is 8.09. The van der Waals surface area contributed by atoms with Gasteiger partial charge in [0.2, 0.25) is 0 Å². The number of rotatable bonds is 6. The van der Waals surface area contributed by atoms with Gasteiger partial charge in [0.15, 0.2) is 0 Å². The minimum absolute atomic E-state index is 0.0533. The van der Waals surface area contributed by atoms with Crippen LogP contribution in [0.25, 0.3) is 0 Å². The number of amides is 1. The predicted molar refractivity (Wildman–Crippen MR) is 90.5 cm³/mol. The van der Waals surface area contributed by atoms with Crippen LogP contribution in [0, 0.1) is 11.3 Å². The van der Waals surface area contributed by atoms with Crippen LogP contribution in [0.3, 0.4) is 0 Å². The second kappa shape index (κ2) is 6.99. The van der Waals surface area contributed by atoms with Crippen LogP contribution in [0.15, 0.2) is 16.7 Å². The van der Waals surface area contributed by atoms with Crippen molar-refractivity contribution in [2.24, 2.45) is 11.3 Å². The molecule has 0 radical (unpaired) electrons. The average molecular weight is 355 g/mol. The lowest BCUT2D eigenvalue weighted by atomic mass is 9.78. The number of halogens is 1. The van der Waals surface area contributed by atoms with Gasteiger partial charge in [0.25, 0.3) is 5.91 Å². The Balaban J connectivity index is 2.02. The molecule has 1 N–H and O–H groups in total. The highest BCUT2D eigenvalue weighted by Crippen LogP contribution is 2.42. The van der Waals surface area contributed by atoms with Crippen molar-refractivity contribution in [3.8, 4) is 0 Å². The number of carbonyl (C=O) groups is 1. The van der Waals surface area contributed by atoms with Crippen molar-refractivity contribution >= 4 is 21.8 Å². The molecule has 1 fully saturated rings. The predicted octanol–water partition coefficient (Wildman–Crippen LogP) is 4.61. The number of aromatic nitrogens is 1. The first-order valence-corrected chi connectivity index (χ1v) is 8.89. The summed E-state index contributed by atoms with van der Waals surface area (Å²) in [6.45, 7) is 8.24. The quantitative estimate of drug-likeness (QED) is 0.795. The smallest absolute Gasteiger partial charge is 0.267 e. The Morgan fingerprint density at radius 2 is 2.10 bits per heavy atom. The van der Waals surface area contributed by atoms with Crippen molar-refractivity contribution in [2.45, 2.75) is 59.4 Å². The topological polar surface area (TPSA) is 34.0 Å². The summed E-state index contributed by atoms with van der Waals surface area (Å²) >= 11 is 3.45. The molecular weight excluding hydrogens is 328 g/mol. The van der Waals surface area contributed by atoms with Crippen molar-refractivity contribution in [1.82, 2.24) is 9.88 Å². The van der Waals surface area contributed by atoms with Crippen LogP contribution >= 0.6 is 15.9 Å². The number of carbonyl (C=O) groups excluding carboxylic acids is 1. The molecule has 21 heavy (non-hydrogen) atoms. The maximum absolute atomic E-state index is 12.5. The van der Waals surface area contributed by atoms with Crippen LogP contribution in [0.5, 0.6) is 0 Å². The lowest BCUT2D eigenvalue weighted by molar-refractivity contribution is 0.0912. The molecule has 0 spiro atoms. The second-order valence-electron chi connectivity index (χ2n) is 6.82. The van der Waals surface area contributed by atoms with E-state index in [-0.39, 0.29) is 5.91 Å². The van der Waals surface area contributed by atoms with Gasteiger partial charge in [0, 0.05) is 23.8 Å². The van der Waals surface area contributed by atoms with Gasteiger partial charge in [-0.1, -0.05) is 26.7 Å². The summed E-state index contributed by atoms with van der Waals surface area (Å²) in [6.07, 6.45) is 8.30. The number of hydrogen-bond acceptors (Lipinski definition) is 1. The standard InChI is InChI=1S/C17H27BrN2O/c1-4-20-11-14(18)9-15(20)16(21)19-12-17(10-13(2)3)7-5-6-8-17/h9,11,13H,4-8,10,12H2,1-3H3,(H,19,21). The Labute approximate surface area is 136 Å². The molecule has 1 saturated carbocycles. The van der Waals surface area contributed by atoms with Crippen LogP contribution < -0.4 is 5.32 Å². The van der Waals surface area contributed by atoms with E-state index in [4.69, 9.17) is 0 Å². The van der Waals surface area contributed by atoms with E-state index in [2.05, 4.69) is 42.0 Å². The largest absolute Gasteiger partial charge is 0.350 e. The Morgan fingerprint density at radius 3 is 2.67 bits per heavy atom. The molecular formula is C17H27BrN2O. The van der Waals surface area contributed by atoms with Crippen LogP contribution in [0.1, 0.15) is 63.4 Å². The fraction of sp³-hybridized carbons (Fsp3) is 0.706. The highest BCUT2D eigenvalue weighted by atomic mass is 79.9. The molecule has 1 heterocycles. The van der Waals surface area contributed by atoms with E-state index in [0.29, 0.717) is 11.3 Å². The van der Waals surface area contributed by atoms with E-state index in [1.165, 1.54) is 32.1 Å². The highest BCUT2D eigenvalue weighted by Gasteiger charge is 2.34. The molecule has 118 valence electrons. The van der Waals surface area contributed by atoms with Gasteiger partial charge in [-0.25, -0.2) is 0 Å². The van der Waals surface area contributed by atoms with Gasteiger partial charge in [0.1, 0.15) is 5.69 Å². The van der Waals surface area contributed by atoms with Gasteiger partial charge < -0.3 is 9.88 Å². The lowest BCUT2D eigenvalue weighted by Gasteiger charge is -2.31. The molecule has 0 aromatic carbocycles. The van der Waals surface area contributed by atoms with E-state index in [1.54, 1.807) is 0 Å². The van der Waals surface area contributed by atoms with E-state index in [0.717, 1.165) is 23.3 Å². The number of aryl methyl sites for hydroxylation is 1. The Hall–Kier alpha value is -0.770. The summed E-state index contributed by atoms with van der Waals surface area (Å²) in [4.78, 5) is 12.5. The molecule has 1 aromatic rings. The number of nitrogens with zero attached hydrogens (tertiary/aromatic N) is 1. The van der Waals surface area contributed by atoms with Gasteiger partial charge >= 0.3 is 0 Å². The zero-order chi connectivity index (χ0) is 15.5. The molecule has 1 aliphatic rings. The molecule has 3 nitrogen and oxygen atoms in total.